The van der Waals surface area contributed by atoms with Crippen LogP contribution in [0.15, 0.2) is 25.5 Å². The molecule has 0 aliphatic carbocycles. The summed E-state index contributed by atoms with van der Waals surface area (Å²) < 4.78 is 0.939. The zero-order valence-corrected chi connectivity index (χ0v) is 9.51. The number of aliphatic hydroxyl groups excluding tert-OH is 1. The highest BCUT2D eigenvalue weighted by Gasteiger charge is 2.13. The molecule has 2 heteroatoms. The first-order chi connectivity index (χ1) is 5.81. The second-order valence-electron chi connectivity index (χ2n) is 4.35. The molecule has 0 aromatic carbocycles. The van der Waals surface area contributed by atoms with Crippen molar-refractivity contribution in [2.75, 3.05) is 27.7 Å². The van der Waals surface area contributed by atoms with Crippen LogP contribution in [0.25, 0.3) is 0 Å². The van der Waals surface area contributed by atoms with Crippen molar-refractivity contribution in [1.82, 2.24) is 0 Å². The van der Waals surface area contributed by atoms with Crippen LogP contribution in [-0.4, -0.2) is 37.3 Å². The highest BCUT2D eigenvalue weighted by Crippen LogP contribution is 2.10. The summed E-state index contributed by atoms with van der Waals surface area (Å²) in [5.41, 5.74) is 0. The molecule has 0 bridgehead atoms. The van der Waals surface area contributed by atoms with Crippen molar-refractivity contribution in [2.45, 2.75) is 13.3 Å². The van der Waals surface area contributed by atoms with Gasteiger partial charge in [-0.15, -0.1) is 13.2 Å². The molecule has 0 spiro atoms. The van der Waals surface area contributed by atoms with Crippen molar-refractivity contribution in [3.05, 3.63) is 25.5 Å². The highest BCUT2D eigenvalue weighted by molar-refractivity contribution is 4.80. The summed E-state index contributed by atoms with van der Waals surface area (Å²) in [7, 11) is 6.45. The lowest BCUT2D eigenvalue weighted by atomic mass is 10.1. The van der Waals surface area contributed by atoms with Crippen LogP contribution in [0.2, 0.25) is 0 Å². The summed E-state index contributed by atoms with van der Waals surface area (Å²) in [5, 5.41) is 8.92. The fourth-order valence-electron chi connectivity index (χ4n) is 1.40. The molecule has 0 heterocycles. The number of nitrogens with zero attached hydrogens (tertiary/aromatic N) is 1. The minimum atomic E-state index is 0.297. The van der Waals surface area contributed by atoms with Gasteiger partial charge in [0.1, 0.15) is 0 Å². The van der Waals surface area contributed by atoms with E-state index in [0.29, 0.717) is 11.7 Å². The van der Waals surface area contributed by atoms with Crippen molar-refractivity contribution in [3.63, 3.8) is 0 Å². The third-order valence-electron chi connectivity index (χ3n) is 1.44. The van der Waals surface area contributed by atoms with Crippen LogP contribution in [0.3, 0.4) is 0 Å². The molecule has 0 rings (SSSR count). The smallest absolute Gasteiger partial charge is 0.0856 e. The minimum absolute atomic E-state index is 0.297. The summed E-state index contributed by atoms with van der Waals surface area (Å²) in [5.74, 6) is 0.804. The van der Waals surface area contributed by atoms with Crippen molar-refractivity contribution in [1.29, 1.82) is 0 Å². The Morgan fingerprint density at radius 3 is 1.92 bits per heavy atom. The van der Waals surface area contributed by atoms with Gasteiger partial charge < -0.3 is 9.59 Å². The summed E-state index contributed by atoms with van der Waals surface area (Å²) in [6, 6.07) is 0. The fourth-order valence-corrected chi connectivity index (χ4v) is 1.40. The molecule has 13 heavy (non-hydrogen) atoms. The zero-order chi connectivity index (χ0) is 11.1. The number of hydrogen-bond donors (Lipinski definition) is 1. The molecule has 2 nitrogen and oxygen atoms in total. The predicted molar refractivity (Wildman–Crippen MR) is 59.7 cm³/mol. The SMILES string of the molecule is C=C.C=C(O)CC(C)C[N+](C)(C)C. The molecule has 0 aromatic rings. The van der Waals surface area contributed by atoms with E-state index in [9.17, 15) is 0 Å². The van der Waals surface area contributed by atoms with E-state index in [-0.39, 0.29) is 0 Å². The van der Waals surface area contributed by atoms with Gasteiger partial charge in [0.25, 0.3) is 0 Å². The summed E-state index contributed by atoms with van der Waals surface area (Å²) in [4.78, 5) is 0. The standard InChI is InChI=1S/C9H19NO.C2H4/c1-8(6-9(2)11)7-10(3,4)5;1-2/h8H,2,6-7H2,1,3-5H3;1-2H2/p+1. The average molecular weight is 186 g/mol. The molecular weight excluding hydrogens is 162 g/mol. The number of quaternary nitrogens is 1. The van der Waals surface area contributed by atoms with Gasteiger partial charge in [0, 0.05) is 12.3 Å². The molecule has 0 aliphatic heterocycles. The number of hydrogen-bond acceptors (Lipinski definition) is 1. The van der Waals surface area contributed by atoms with Gasteiger partial charge in [0.05, 0.1) is 33.4 Å². The summed E-state index contributed by atoms with van der Waals surface area (Å²) in [6.45, 7) is 12.7. The first-order valence-electron chi connectivity index (χ1n) is 4.48. The third kappa shape index (κ3) is 14.1. The van der Waals surface area contributed by atoms with Crippen molar-refractivity contribution in [2.24, 2.45) is 5.92 Å². The minimum Gasteiger partial charge on any atom is -0.513 e. The van der Waals surface area contributed by atoms with Gasteiger partial charge in [-0.3, -0.25) is 0 Å². The maximum Gasteiger partial charge on any atom is 0.0856 e. The lowest BCUT2D eigenvalue weighted by molar-refractivity contribution is -0.873. The Hall–Kier alpha value is -0.760. The Balaban J connectivity index is 0. The van der Waals surface area contributed by atoms with Crippen molar-refractivity contribution in [3.8, 4) is 0 Å². The molecule has 0 radical (unpaired) electrons. The largest absolute Gasteiger partial charge is 0.513 e. The lowest BCUT2D eigenvalue weighted by Crippen LogP contribution is -2.38. The van der Waals surface area contributed by atoms with Crippen LogP contribution < -0.4 is 0 Å². The number of aliphatic hydroxyl groups is 1. The zero-order valence-electron chi connectivity index (χ0n) is 9.51. The molecule has 0 amide bonds. The van der Waals surface area contributed by atoms with Gasteiger partial charge in [-0.2, -0.15) is 0 Å². The molecule has 1 unspecified atom stereocenters. The van der Waals surface area contributed by atoms with Gasteiger partial charge in [0.15, 0.2) is 0 Å². The van der Waals surface area contributed by atoms with E-state index in [1.54, 1.807) is 0 Å². The number of allylic oxidation sites excluding steroid dienone is 1. The Labute approximate surface area is 82.8 Å². The van der Waals surface area contributed by atoms with Gasteiger partial charge in [-0.1, -0.05) is 13.5 Å². The molecule has 0 saturated heterocycles. The molecule has 0 saturated carbocycles. The second-order valence-corrected chi connectivity index (χ2v) is 4.35. The Morgan fingerprint density at radius 1 is 1.31 bits per heavy atom. The van der Waals surface area contributed by atoms with Crippen LogP contribution in [0.4, 0.5) is 0 Å². The molecule has 0 fully saturated rings. The summed E-state index contributed by atoms with van der Waals surface area (Å²) >= 11 is 0. The van der Waals surface area contributed by atoms with Crippen LogP contribution >= 0.6 is 0 Å². The van der Waals surface area contributed by atoms with Gasteiger partial charge in [0.2, 0.25) is 0 Å². The van der Waals surface area contributed by atoms with E-state index >= 15 is 0 Å². The van der Waals surface area contributed by atoms with Crippen LogP contribution in [-0.2, 0) is 0 Å². The van der Waals surface area contributed by atoms with Crippen molar-refractivity contribution >= 4 is 0 Å². The molecule has 0 aliphatic rings. The Kier molecular flexibility index (Phi) is 7.63. The number of rotatable bonds is 4. The molecule has 1 atom stereocenters. The topological polar surface area (TPSA) is 20.2 Å². The van der Waals surface area contributed by atoms with E-state index in [1.807, 2.05) is 0 Å². The quantitative estimate of drug-likeness (QED) is 0.406. The maximum atomic E-state index is 8.92. The van der Waals surface area contributed by atoms with Crippen molar-refractivity contribution < 1.29 is 9.59 Å². The second kappa shape index (κ2) is 6.72. The molecular formula is C11H24NO+. The molecule has 1 N–H and O–H groups in total. The van der Waals surface area contributed by atoms with E-state index < -0.39 is 0 Å². The highest BCUT2D eigenvalue weighted by atomic mass is 16.3. The summed E-state index contributed by atoms with van der Waals surface area (Å²) in [6.07, 6.45) is 0.718. The predicted octanol–water partition coefficient (Wildman–Crippen LogP) is 2.59. The van der Waals surface area contributed by atoms with Crippen LogP contribution in [0, 0.1) is 5.92 Å². The van der Waals surface area contributed by atoms with Crippen LogP contribution in [0.1, 0.15) is 13.3 Å². The van der Waals surface area contributed by atoms with Gasteiger partial charge in [-0.05, 0) is 0 Å². The third-order valence-corrected chi connectivity index (χ3v) is 1.44. The first-order valence-corrected chi connectivity index (χ1v) is 4.48. The lowest BCUT2D eigenvalue weighted by Gasteiger charge is -2.27. The van der Waals surface area contributed by atoms with E-state index in [4.69, 9.17) is 5.11 Å². The maximum absolute atomic E-state index is 8.92. The Bertz CT molecular complexity index is 147. The van der Waals surface area contributed by atoms with E-state index in [0.717, 1.165) is 17.4 Å². The van der Waals surface area contributed by atoms with Crippen LogP contribution in [0.5, 0.6) is 0 Å². The van der Waals surface area contributed by atoms with Gasteiger partial charge >= 0.3 is 0 Å². The van der Waals surface area contributed by atoms with Gasteiger partial charge in [-0.25, -0.2) is 0 Å². The van der Waals surface area contributed by atoms with E-state index in [1.165, 1.54) is 0 Å². The normalized spacial score (nSPS) is 12.6. The van der Waals surface area contributed by atoms with E-state index in [2.05, 4.69) is 47.8 Å². The Morgan fingerprint density at radius 2 is 1.69 bits per heavy atom. The monoisotopic (exact) mass is 186 g/mol. The first kappa shape index (κ1) is 14.7. The average Bonchev–Trinajstić information content (AvgIpc) is 1.85. The fraction of sp³-hybridized carbons (Fsp3) is 0.636. The molecule has 0 aromatic heterocycles. The molecule has 78 valence electrons.